The molecule has 4 rings (SSSR count). The summed E-state index contributed by atoms with van der Waals surface area (Å²) >= 11 is 1.48. The molecule has 1 saturated heterocycles. The number of nitrogens with zero attached hydrogens (tertiary/aromatic N) is 4. The number of likely N-dealkylation sites (tertiary alicyclic amines) is 1. The highest BCUT2D eigenvalue weighted by atomic mass is 32.1. The van der Waals surface area contributed by atoms with E-state index in [0.717, 1.165) is 27.8 Å². The predicted molar refractivity (Wildman–Crippen MR) is 97.4 cm³/mol. The molecule has 0 aromatic carbocycles. The van der Waals surface area contributed by atoms with Crippen LogP contribution in [0.25, 0.3) is 10.3 Å². The molecule has 6 heteroatoms. The SMILES string of the molecule is C#Cc1ccc2nc(Nc3cc(CN4CCCC4)ccn3)sc2n1. The van der Waals surface area contributed by atoms with Gasteiger partial charge in [-0.05, 0) is 55.8 Å². The number of fused-ring (bicyclic) bond motifs is 1. The van der Waals surface area contributed by atoms with Gasteiger partial charge in [-0.3, -0.25) is 4.90 Å². The third-order valence-electron chi connectivity index (χ3n) is 4.07. The first-order valence-electron chi connectivity index (χ1n) is 7.99. The van der Waals surface area contributed by atoms with E-state index in [9.17, 15) is 0 Å². The van der Waals surface area contributed by atoms with Crippen molar-refractivity contribution < 1.29 is 0 Å². The van der Waals surface area contributed by atoms with Crippen molar-refractivity contribution in [3.05, 3.63) is 41.7 Å². The summed E-state index contributed by atoms with van der Waals surface area (Å²) in [5, 5.41) is 4.06. The molecule has 0 aliphatic carbocycles. The topological polar surface area (TPSA) is 53.9 Å². The van der Waals surface area contributed by atoms with Crippen LogP contribution in [0.3, 0.4) is 0 Å². The van der Waals surface area contributed by atoms with Crippen LogP contribution in [0.15, 0.2) is 30.5 Å². The Morgan fingerprint density at radius 2 is 2.08 bits per heavy atom. The van der Waals surface area contributed by atoms with Gasteiger partial charge in [0.1, 0.15) is 21.9 Å². The van der Waals surface area contributed by atoms with E-state index < -0.39 is 0 Å². The highest BCUT2D eigenvalue weighted by Gasteiger charge is 2.12. The van der Waals surface area contributed by atoms with Crippen LogP contribution in [-0.4, -0.2) is 32.9 Å². The van der Waals surface area contributed by atoms with Crippen molar-refractivity contribution in [2.24, 2.45) is 0 Å². The van der Waals surface area contributed by atoms with Crippen LogP contribution < -0.4 is 5.32 Å². The lowest BCUT2D eigenvalue weighted by Gasteiger charge is -2.14. The molecular weight excluding hydrogens is 318 g/mol. The van der Waals surface area contributed by atoms with Crippen LogP contribution >= 0.6 is 11.3 Å². The molecule has 120 valence electrons. The smallest absolute Gasteiger partial charge is 0.190 e. The minimum Gasteiger partial charge on any atom is -0.316 e. The molecule has 0 atom stereocenters. The van der Waals surface area contributed by atoms with E-state index in [1.54, 1.807) is 6.07 Å². The molecular formula is C18H17N5S. The average molecular weight is 335 g/mol. The molecule has 0 saturated carbocycles. The zero-order valence-electron chi connectivity index (χ0n) is 13.2. The summed E-state index contributed by atoms with van der Waals surface area (Å²) in [4.78, 5) is 16.6. The fraction of sp³-hybridized carbons (Fsp3) is 0.278. The van der Waals surface area contributed by atoms with Gasteiger partial charge in [-0.15, -0.1) is 6.42 Å². The molecule has 24 heavy (non-hydrogen) atoms. The number of nitrogens with one attached hydrogen (secondary N) is 1. The standard InChI is InChI=1S/C18H17N5S/c1-2-14-5-6-15-17(20-14)24-18(21-15)22-16-11-13(7-8-19-16)12-23-9-3-4-10-23/h1,5-8,11H,3-4,9-10,12H2,(H,19,21,22). The maximum atomic E-state index is 5.40. The minimum absolute atomic E-state index is 0.628. The Morgan fingerprint density at radius 3 is 2.92 bits per heavy atom. The van der Waals surface area contributed by atoms with Crippen LogP contribution in [0, 0.1) is 12.3 Å². The van der Waals surface area contributed by atoms with E-state index in [4.69, 9.17) is 6.42 Å². The summed E-state index contributed by atoms with van der Waals surface area (Å²) in [5.41, 5.74) is 2.74. The second kappa shape index (κ2) is 6.56. The number of terminal acetylenes is 1. The Bertz CT molecular complexity index is 905. The lowest BCUT2D eigenvalue weighted by molar-refractivity contribution is 0.331. The number of anilines is 2. The molecule has 3 aromatic rings. The maximum Gasteiger partial charge on any atom is 0.190 e. The third kappa shape index (κ3) is 3.23. The van der Waals surface area contributed by atoms with Gasteiger partial charge in [0.05, 0.1) is 0 Å². The van der Waals surface area contributed by atoms with Gasteiger partial charge in [0.15, 0.2) is 5.13 Å². The molecule has 0 bridgehead atoms. The van der Waals surface area contributed by atoms with E-state index >= 15 is 0 Å². The Balaban J connectivity index is 1.53. The Hall–Kier alpha value is -2.49. The molecule has 0 radical (unpaired) electrons. The fourth-order valence-electron chi connectivity index (χ4n) is 2.90. The van der Waals surface area contributed by atoms with Gasteiger partial charge in [0, 0.05) is 12.7 Å². The number of thiazole rings is 1. The van der Waals surface area contributed by atoms with E-state index in [1.165, 1.54) is 42.8 Å². The van der Waals surface area contributed by atoms with Crippen molar-refractivity contribution in [3.8, 4) is 12.3 Å². The summed E-state index contributed by atoms with van der Waals surface area (Å²) < 4.78 is 0. The quantitative estimate of drug-likeness (QED) is 0.741. The highest BCUT2D eigenvalue weighted by molar-refractivity contribution is 7.21. The van der Waals surface area contributed by atoms with Gasteiger partial charge in [-0.2, -0.15) is 0 Å². The zero-order valence-corrected chi connectivity index (χ0v) is 14.0. The third-order valence-corrected chi connectivity index (χ3v) is 4.95. The van der Waals surface area contributed by atoms with Crippen molar-refractivity contribution in [2.75, 3.05) is 18.4 Å². The largest absolute Gasteiger partial charge is 0.316 e. The van der Waals surface area contributed by atoms with Crippen LogP contribution in [0.2, 0.25) is 0 Å². The van der Waals surface area contributed by atoms with Gasteiger partial charge >= 0.3 is 0 Å². The molecule has 3 aromatic heterocycles. The average Bonchev–Trinajstić information content (AvgIpc) is 3.23. The van der Waals surface area contributed by atoms with E-state index in [-0.39, 0.29) is 0 Å². The zero-order chi connectivity index (χ0) is 16.4. The molecule has 0 amide bonds. The molecule has 4 heterocycles. The summed E-state index contributed by atoms with van der Waals surface area (Å²) in [6.07, 6.45) is 9.84. The van der Waals surface area contributed by atoms with Gasteiger partial charge in [-0.25, -0.2) is 15.0 Å². The Labute approximate surface area is 144 Å². The lowest BCUT2D eigenvalue weighted by atomic mass is 10.2. The van der Waals surface area contributed by atoms with E-state index in [1.807, 2.05) is 12.3 Å². The molecule has 1 N–H and O–H groups in total. The summed E-state index contributed by atoms with van der Waals surface area (Å²) in [7, 11) is 0. The van der Waals surface area contributed by atoms with Crippen LogP contribution in [0.1, 0.15) is 24.1 Å². The number of hydrogen-bond acceptors (Lipinski definition) is 6. The normalized spacial score (nSPS) is 14.8. The molecule has 1 aliphatic rings. The van der Waals surface area contributed by atoms with Crippen LogP contribution in [0.4, 0.5) is 10.9 Å². The first kappa shape index (κ1) is 15.1. The van der Waals surface area contributed by atoms with Gasteiger partial charge in [0.2, 0.25) is 0 Å². The van der Waals surface area contributed by atoms with Gasteiger partial charge in [0.25, 0.3) is 0 Å². The summed E-state index contributed by atoms with van der Waals surface area (Å²) in [6, 6.07) is 7.87. The monoisotopic (exact) mass is 335 g/mol. The first-order valence-corrected chi connectivity index (χ1v) is 8.80. The summed E-state index contributed by atoms with van der Waals surface area (Å²) in [5.74, 6) is 3.36. The Morgan fingerprint density at radius 1 is 1.21 bits per heavy atom. The Kier molecular flexibility index (Phi) is 4.11. The molecule has 5 nitrogen and oxygen atoms in total. The lowest BCUT2D eigenvalue weighted by Crippen LogP contribution is -2.18. The van der Waals surface area contributed by atoms with E-state index in [2.05, 4.69) is 43.2 Å². The molecule has 0 unspecified atom stereocenters. The predicted octanol–water partition coefficient (Wildman–Crippen LogP) is 3.41. The highest BCUT2D eigenvalue weighted by Crippen LogP contribution is 2.27. The number of aromatic nitrogens is 3. The fourth-order valence-corrected chi connectivity index (χ4v) is 3.75. The van der Waals surface area contributed by atoms with Crippen molar-refractivity contribution >= 4 is 32.6 Å². The van der Waals surface area contributed by atoms with E-state index in [0.29, 0.717) is 5.69 Å². The number of rotatable bonds is 4. The number of pyridine rings is 2. The second-order valence-electron chi connectivity index (χ2n) is 5.84. The maximum absolute atomic E-state index is 5.40. The van der Waals surface area contributed by atoms with Crippen LogP contribution in [0.5, 0.6) is 0 Å². The van der Waals surface area contributed by atoms with Gasteiger partial charge < -0.3 is 5.32 Å². The first-order chi connectivity index (χ1) is 11.8. The van der Waals surface area contributed by atoms with Crippen molar-refractivity contribution in [1.29, 1.82) is 0 Å². The molecule has 0 spiro atoms. The summed E-state index contributed by atoms with van der Waals surface area (Å²) in [6.45, 7) is 3.35. The van der Waals surface area contributed by atoms with Crippen LogP contribution in [-0.2, 0) is 6.54 Å². The molecule has 1 aliphatic heterocycles. The molecule has 1 fully saturated rings. The van der Waals surface area contributed by atoms with Crippen molar-refractivity contribution in [2.45, 2.75) is 19.4 Å². The van der Waals surface area contributed by atoms with Crippen molar-refractivity contribution in [1.82, 2.24) is 19.9 Å². The van der Waals surface area contributed by atoms with Crippen molar-refractivity contribution in [3.63, 3.8) is 0 Å². The minimum atomic E-state index is 0.628. The second-order valence-corrected chi connectivity index (χ2v) is 6.82. The number of hydrogen-bond donors (Lipinski definition) is 1. The van der Waals surface area contributed by atoms with Gasteiger partial charge in [-0.1, -0.05) is 17.3 Å².